The number of hydrogen-bond donors (Lipinski definition) is 0. The van der Waals surface area contributed by atoms with Crippen molar-refractivity contribution in [1.82, 2.24) is 0 Å². The molecule has 1 aromatic carbocycles. The normalized spacial score (nSPS) is 6.84. The van der Waals surface area contributed by atoms with Crippen molar-refractivity contribution in [2.75, 3.05) is 0 Å². The van der Waals surface area contributed by atoms with E-state index in [1.54, 1.807) is 0 Å². The molecule has 0 fully saturated rings. The van der Waals surface area contributed by atoms with Crippen molar-refractivity contribution >= 4 is 0 Å². The molecule has 0 spiro atoms. The molecule has 0 aliphatic carbocycles. The largest absolute Gasteiger partial charge is 0 e. The van der Waals surface area contributed by atoms with Crippen molar-refractivity contribution in [3.8, 4) is 5.75 Å². The molecule has 0 saturated heterocycles. The van der Waals surface area contributed by atoms with E-state index in [1.807, 2.05) is 32.0 Å². The summed E-state index contributed by atoms with van der Waals surface area (Å²) in [5.41, 5.74) is 1.28. The molecule has 0 saturated carbocycles. The summed E-state index contributed by atoms with van der Waals surface area (Å²) in [4.78, 5) is 0. The molecule has 5 heteroatoms. The number of rotatable bonds is 3. The van der Waals surface area contributed by atoms with Crippen LogP contribution in [0.5, 0.6) is 5.75 Å². The molecule has 0 aromatic heterocycles. The summed E-state index contributed by atoms with van der Waals surface area (Å²) in [6, 6.07) is 8.19. The second-order valence-electron chi connectivity index (χ2n) is 3.13. The summed E-state index contributed by atoms with van der Waals surface area (Å²) < 4.78 is 28.1. The first-order valence-electron chi connectivity index (χ1n) is 5.09. The van der Waals surface area contributed by atoms with Gasteiger partial charge in [0.05, 0.1) is 6.10 Å². The van der Waals surface area contributed by atoms with E-state index in [9.17, 15) is 0 Å². The Balaban J connectivity index is -0.000000142. The fraction of sp³-hybridized carbons (Fsp3) is 0.357. The summed E-state index contributed by atoms with van der Waals surface area (Å²) in [5, 5.41) is 0. The van der Waals surface area contributed by atoms with Crippen LogP contribution in [0.2, 0.25) is 0 Å². The summed E-state index contributed by atoms with van der Waals surface area (Å²) in [7, 11) is 0. The number of ether oxygens (including phenoxy) is 1. The molecular formula is C14H16CrO4. The van der Waals surface area contributed by atoms with Crippen molar-refractivity contribution in [3.05, 3.63) is 49.8 Å². The molecular weight excluding hydrogens is 284 g/mol. The Hall–Kier alpha value is -1.23. The molecule has 102 valence electrons. The average Bonchev–Trinajstić information content (AvgIpc) is 2.45. The topological polar surface area (TPSA) is 68.9 Å². The third-order valence-electron chi connectivity index (χ3n) is 1.72. The van der Waals surface area contributed by atoms with Crippen LogP contribution in [0.4, 0.5) is 0 Å². The Bertz CT molecular complexity index is 342. The molecule has 4 nitrogen and oxygen atoms in total. The Labute approximate surface area is 125 Å². The van der Waals surface area contributed by atoms with Crippen molar-refractivity contribution in [2.45, 2.75) is 33.3 Å². The zero-order valence-corrected chi connectivity index (χ0v) is 12.4. The van der Waals surface area contributed by atoms with E-state index in [1.165, 1.54) is 5.56 Å². The van der Waals surface area contributed by atoms with E-state index in [2.05, 4.69) is 32.9 Å². The van der Waals surface area contributed by atoms with Gasteiger partial charge in [0.1, 0.15) is 5.75 Å². The molecule has 0 aliphatic heterocycles. The predicted octanol–water partition coefficient (Wildman–Crippen LogP) is 2.92. The maximum absolute atomic E-state index is 7.50. The SMILES string of the molecule is CCc1ccccc1OC(C)C.[C-]#[O+].[C-]#[O+].[C-]#[O+].[Cr]. The minimum atomic E-state index is 0. The molecule has 19 heavy (non-hydrogen) atoms. The predicted molar refractivity (Wildman–Crippen MR) is 63.4 cm³/mol. The van der Waals surface area contributed by atoms with E-state index in [4.69, 9.17) is 18.7 Å². The number of hydrogen-bond acceptors (Lipinski definition) is 1. The molecule has 0 atom stereocenters. The number of para-hydroxylation sites is 1. The molecule has 0 amide bonds. The van der Waals surface area contributed by atoms with Crippen LogP contribution < -0.4 is 4.74 Å². The van der Waals surface area contributed by atoms with Gasteiger partial charge in [-0.15, -0.1) is 0 Å². The van der Waals surface area contributed by atoms with Crippen LogP contribution in [0.25, 0.3) is 0 Å². The maximum Gasteiger partial charge on any atom is 0 e. The van der Waals surface area contributed by atoms with Crippen LogP contribution in [-0.4, -0.2) is 6.10 Å². The summed E-state index contributed by atoms with van der Waals surface area (Å²) in [5.74, 6) is 1.02. The second kappa shape index (κ2) is 22.0. The van der Waals surface area contributed by atoms with Gasteiger partial charge < -0.3 is 4.74 Å². The first-order valence-corrected chi connectivity index (χ1v) is 5.09. The fourth-order valence-corrected chi connectivity index (χ4v) is 1.16. The average molecular weight is 300 g/mol. The number of aryl methyl sites for hydroxylation is 1. The van der Waals surface area contributed by atoms with Crippen molar-refractivity contribution < 1.29 is 36.1 Å². The zero-order valence-electron chi connectivity index (χ0n) is 11.1. The maximum atomic E-state index is 7.50. The third-order valence-corrected chi connectivity index (χ3v) is 1.72. The van der Waals surface area contributed by atoms with E-state index in [0.29, 0.717) is 0 Å². The van der Waals surface area contributed by atoms with Crippen LogP contribution in [0.15, 0.2) is 24.3 Å². The van der Waals surface area contributed by atoms with E-state index in [-0.39, 0.29) is 23.5 Å². The molecule has 0 heterocycles. The van der Waals surface area contributed by atoms with E-state index in [0.717, 1.165) is 12.2 Å². The van der Waals surface area contributed by atoms with Gasteiger partial charge in [0.2, 0.25) is 0 Å². The minimum absolute atomic E-state index is 0. The third kappa shape index (κ3) is 14.7. The van der Waals surface area contributed by atoms with Gasteiger partial charge in [0.25, 0.3) is 0 Å². The monoisotopic (exact) mass is 300 g/mol. The Kier molecular flexibility index (Phi) is 30.5. The van der Waals surface area contributed by atoms with Gasteiger partial charge in [-0.25, -0.2) is 0 Å². The number of benzene rings is 1. The van der Waals surface area contributed by atoms with Crippen molar-refractivity contribution in [2.24, 2.45) is 0 Å². The van der Waals surface area contributed by atoms with Crippen LogP contribution in [0, 0.1) is 20.0 Å². The summed E-state index contributed by atoms with van der Waals surface area (Å²) in [6.07, 6.45) is 1.29. The van der Waals surface area contributed by atoms with Gasteiger partial charge in [-0.3, -0.25) is 0 Å². The van der Waals surface area contributed by atoms with Gasteiger partial charge in [-0.05, 0) is 31.9 Å². The molecule has 0 N–H and O–H groups in total. The molecule has 0 bridgehead atoms. The van der Waals surface area contributed by atoms with E-state index < -0.39 is 0 Å². The van der Waals surface area contributed by atoms with Crippen molar-refractivity contribution in [3.63, 3.8) is 0 Å². The first-order chi connectivity index (χ1) is 8.74. The Morgan fingerprint density at radius 2 is 1.42 bits per heavy atom. The van der Waals surface area contributed by atoms with Crippen LogP contribution >= 0.6 is 0 Å². The van der Waals surface area contributed by atoms with Gasteiger partial charge >= 0.3 is 33.9 Å². The van der Waals surface area contributed by atoms with Crippen molar-refractivity contribution in [1.29, 1.82) is 0 Å². The Morgan fingerprint density at radius 1 is 1.00 bits per heavy atom. The van der Waals surface area contributed by atoms with Gasteiger partial charge in [0.15, 0.2) is 0 Å². The van der Waals surface area contributed by atoms with Crippen LogP contribution in [0.3, 0.4) is 0 Å². The summed E-state index contributed by atoms with van der Waals surface area (Å²) >= 11 is 0. The molecule has 0 radical (unpaired) electrons. The molecule has 0 aliphatic rings. The first kappa shape index (κ1) is 26.4. The molecule has 1 rings (SSSR count). The summed E-state index contributed by atoms with van der Waals surface area (Å²) in [6.45, 7) is 19.7. The molecule has 0 unspecified atom stereocenters. The standard InChI is InChI=1S/C11H16O.3CO.Cr/c1-4-10-7-5-6-8-11(10)12-9(2)3;3*1-2;/h5-9H,4H2,1-3H3;;;;. The quantitative estimate of drug-likeness (QED) is 0.625. The smallest absolute Gasteiger partial charge is 0 e. The van der Waals surface area contributed by atoms with Crippen LogP contribution in [0.1, 0.15) is 26.3 Å². The second-order valence-corrected chi connectivity index (χ2v) is 3.13. The zero-order chi connectivity index (χ0) is 15.0. The minimum Gasteiger partial charge on any atom is 0 e. The fourth-order valence-electron chi connectivity index (χ4n) is 1.16. The Morgan fingerprint density at radius 3 is 1.79 bits per heavy atom. The van der Waals surface area contributed by atoms with E-state index >= 15 is 0 Å². The van der Waals surface area contributed by atoms with Crippen LogP contribution in [-0.2, 0) is 37.7 Å². The van der Waals surface area contributed by atoms with Gasteiger partial charge in [0, 0.05) is 17.4 Å². The molecule has 1 aromatic rings. The van der Waals surface area contributed by atoms with Gasteiger partial charge in [-0.2, -0.15) is 0 Å². The van der Waals surface area contributed by atoms with Gasteiger partial charge in [-0.1, -0.05) is 25.1 Å².